The predicted octanol–water partition coefficient (Wildman–Crippen LogP) is 2.77. The zero-order valence-corrected chi connectivity index (χ0v) is 13.0. The summed E-state index contributed by atoms with van der Waals surface area (Å²) in [4.78, 5) is 14.5. The molecule has 5 heteroatoms. The molecule has 0 saturated carbocycles. The van der Waals surface area contributed by atoms with Gasteiger partial charge in [0.2, 0.25) is 5.91 Å². The highest BCUT2D eigenvalue weighted by Crippen LogP contribution is 2.21. The zero-order valence-electron chi connectivity index (χ0n) is 12.2. The Morgan fingerprint density at radius 3 is 2.65 bits per heavy atom. The van der Waals surface area contributed by atoms with E-state index in [0.717, 1.165) is 19.6 Å². The maximum atomic E-state index is 13.4. The standard InChI is InChI=1S/C15H23FN2OS/c1-3-18(4-2)11-10-17-15(19)9-12-20-14-8-6-5-7-13(14)16/h5-8H,3-4,9-12H2,1-2H3,(H,17,19). The zero-order chi connectivity index (χ0) is 14.8. The van der Waals surface area contributed by atoms with Gasteiger partial charge in [0.05, 0.1) is 0 Å². The van der Waals surface area contributed by atoms with E-state index in [0.29, 0.717) is 23.6 Å². The number of halogens is 1. The van der Waals surface area contributed by atoms with Crippen LogP contribution in [0.3, 0.4) is 0 Å². The van der Waals surface area contributed by atoms with Crippen molar-refractivity contribution in [2.45, 2.75) is 25.2 Å². The Morgan fingerprint density at radius 1 is 1.30 bits per heavy atom. The minimum absolute atomic E-state index is 0.0287. The average Bonchev–Trinajstić information content (AvgIpc) is 2.46. The third-order valence-corrected chi connectivity index (χ3v) is 4.12. The van der Waals surface area contributed by atoms with Crippen LogP contribution in [0.25, 0.3) is 0 Å². The molecule has 1 aromatic rings. The molecule has 20 heavy (non-hydrogen) atoms. The molecule has 0 aliphatic rings. The van der Waals surface area contributed by atoms with Crippen molar-refractivity contribution < 1.29 is 9.18 Å². The van der Waals surface area contributed by atoms with Gasteiger partial charge < -0.3 is 10.2 Å². The third kappa shape index (κ3) is 6.39. The van der Waals surface area contributed by atoms with Gasteiger partial charge in [-0.05, 0) is 25.2 Å². The molecule has 0 atom stereocenters. The number of carbonyl (C=O) groups is 1. The van der Waals surface area contributed by atoms with Crippen LogP contribution in [0.15, 0.2) is 29.2 Å². The Kier molecular flexibility index (Phi) is 8.30. The molecule has 0 saturated heterocycles. The highest BCUT2D eigenvalue weighted by molar-refractivity contribution is 7.99. The third-order valence-electron chi connectivity index (χ3n) is 3.07. The first-order valence-corrected chi connectivity index (χ1v) is 8.02. The second kappa shape index (κ2) is 9.77. The van der Waals surface area contributed by atoms with Crippen molar-refractivity contribution in [1.29, 1.82) is 0 Å². The molecular weight excluding hydrogens is 275 g/mol. The maximum Gasteiger partial charge on any atom is 0.220 e. The molecule has 0 aliphatic heterocycles. The number of nitrogens with zero attached hydrogens (tertiary/aromatic N) is 1. The second-order valence-corrected chi connectivity index (χ2v) is 5.54. The Labute approximate surface area is 124 Å². The van der Waals surface area contributed by atoms with Crippen molar-refractivity contribution in [2.75, 3.05) is 31.9 Å². The largest absolute Gasteiger partial charge is 0.355 e. The molecule has 0 radical (unpaired) electrons. The topological polar surface area (TPSA) is 32.3 Å². The van der Waals surface area contributed by atoms with E-state index < -0.39 is 0 Å². The number of amides is 1. The fourth-order valence-corrected chi connectivity index (χ4v) is 2.69. The summed E-state index contributed by atoms with van der Waals surface area (Å²) < 4.78 is 13.4. The van der Waals surface area contributed by atoms with Gasteiger partial charge >= 0.3 is 0 Å². The van der Waals surface area contributed by atoms with Gasteiger partial charge in [-0.2, -0.15) is 0 Å². The van der Waals surface area contributed by atoms with E-state index in [2.05, 4.69) is 24.1 Å². The van der Waals surface area contributed by atoms with E-state index >= 15 is 0 Å². The van der Waals surface area contributed by atoms with Gasteiger partial charge in [0.1, 0.15) is 5.82 Å². The van der Waals surface area contributed by atoms with Crippen LogP contribution in [0.4, 0.5) is 4.39 Å². The summed E-state index contributed by atoms with van der Waals surface area (Å²) in [5.41, 5.74) is 0. The van der Waals surface area contributed by atoms with Crippen LogP contribution >= 0.6 is 11.8 Å². The summed E-state index contributed by atoms with van der Waals surface area (Å²) in [7, 11) is 0. The number of carbonyl (C=O) groups excluding carboxylic acids is 1. The van der Waals surface area contributed by atoms with Gasteiger partial charge in [0.15, 0.2) is 0 Å². The Hall–Kier alpha value is -1.07. The minimum atomic E-state index is -0.223. The number of nitrogens with one attached hydrogen (secondary N) is 1. The van der Waals surface area contributed by atoms with E-state index in [-0.39, 0.29) is 11.7 Å². The van der Waals surface area contributed by atoms with Gasteiger partial charge in [-0.15, -0.1) is 11.8 Å². The van der Waals surface area contributed by atoms with E-state index in [1.54, 1.807) is 18.2 Å². The van der Waals surface area contributed by atoms with Crippen LogP contribution in [0.1, 0.15) is 20.3 Å². The van der Waals surface area contributed by atoms with Crippen molar-refractivity contribution >= 4 is 17.7 Å². The molecule has 0 heterocycles. The lowest BCUT2D eigenvalue weighted by Gasteiger charge is -2.17. The molecule has 1 amide bonds. The maximum absolute atomic E-state index is 13.4. The summed E-state index contributed by atoms with van der Waals surface area (Å²) in [6.07, 6.45) is 0.414. The normalized spacial score (nSPS) is 10.8. The molecule has 0 unspecified atom stereocenters. The SMILES string of the molecule is CCN(CC)CCNC(=O)CCSc1ccccc1F. The van der Waals surface area contributed by atoms with Crippen LogP contribution in [0, 0.1) is 5.82 Å². The highest BCUT2D eigenvalue weighted by Gasteiger charge is 2.05. The van der Waals surface area contributed by atoms with E-state index in [4.69, 9.17) is 0 Å². The predicted molar refractivity (Wildman–Crippen MR) is 82.5 cm³/mol. The fourth-order valence-electron chi connectivity index (χ4n) is 1.80. The Morgan fingerprint density at radius 2 is 2.00 bits per heavy atom. The number of thioether (sulfide) groups is 1. The van der Waals surface area contributed by atoms with Crippen LogP contribution < -0.4 is 5.32 Å². The van der Waals surface area contributed by atoms with E-state index in [1.165, 1.54) is 17.8 Å². The van der Waals surface area contributed by atoms with Gasteiger partial charge in [-0.3, -0.25) is 4.79 Å². The van der Waals surface area contributed by atoms with E-state index in [9.17, 15) is 9.18 Å². The molecule has 0 spiro atoms. The smallest absolute Gasteiger partial charge is 0.220 e. The van der Waals surface area contributed by atoms with Crippen molar-refractivity contribution in [3.63, 3.8) is 0 Å². The number of hydrogen-bond acceptors (Lipinski definition) is 3. The van der Waals surface area contributed by atoms with Crippen LogP contribution in [-0.2, 0) is 4.79 Å². The van der Waals surface area contributed by atoms with Crippen molar-refractivity contribution in [1.82, 2.24) is 10.2 Å². The molecule has 1 rings (SSSR count). The van der Waals surface area contributed by atoms with E-state index in [1.807, 2.05) is 0 Å². The Balaban J connectivity index is 2.16. The van der Waals surface area contributed by atoms with Crippen LogP contribution in [0.5, 0.6) is 0 Å². The van der Waals surface area contributed by atoms with Crippen LogP contribution in [-0.4, -0.2) is 42.7 Å². The molecule has 1 aromatic carbocycles. The second-order valence-electron chi connectivity index (χ2n) is 4.41. The monoisotopic (exact) mass is 298 g/mol. The molecule has 0 bridgehead atoms. The van der Waals surface area contributed by atoms with Crippen LogP contribution in [0.2, 0.25) is 0 Å². The van der Waals surface area contributed by atoms with Crippen molar-refractivity contribution in [3.8, 4) is 0 Å². The Bertz CT molecular complexity index is 411. The first-order chi connectivity index (χ1) is 9.67. The van der Waals surface area contributed by atoms with Gasteiger partial charge in [-0.25, -0.2) is 4.39 Å². The molecule has 3 nitrogen and oxygen atoms in total. The molecule has 0 aliphatic carbocycles. The van der Waals surface area contributed by atoms with Gasteiger partial charge in [-0.1, -0.05) is 26.0 Å². The number of hydrogen-bond donors (Lipinski definition) is 1. The summed E-state index contributed by atoms with van der Waals surface area (Å²) in [6, 6.07) is 6.64. The molecule has 0 fully saturated rings. The number of likely N-dealkylation sites (N-methyl/N-ethyl adjacent to an activating group) is 1. The quantitative estimate of drug-likeness (QED) is 0.712. The molecule has 112 valence electrons. The molecule has 0 aromatic heterocycles. The van der Waals surface area contributed by atoms with Gasteiger partial charge in [0.25, 0.3) is 0 Å². The summed E-state index contributed by atoms with van der Waals surface area (Å²) in [5, 5.41) is 2.89. The lowest BCUT2D eigenvalue weighted by atomic mass is 10.3. The first-order valence-electron chi connectivity index (χ1n) is 7.03. The minimum Gasteiger partial charge on any atom is -0.355 e. The lowest BCUT2D eigenvalue weighted by molar-refractivity contribution is -0.120. The van der Waals surface area contributed by atoms with Crippen molar-refractivity contribution in [2.24, 2.45) is 0 Å². The summed E-state index contributed by atoms with van der Waals surface area (Å²) in [5.74, 6) is 0.401. The fraction of sp³-hybridized carbons (Fsp3) is 0.533. The molecule has 1 N–H and O–H groups in total. The first kappa shape index (κ1) is 17.0. The summed E-state index contributed by atoms with van der Waals surface area (Å²) >= 11 is 1.38. The van der Waals surface area contributed by atoms with Crippen molar-refractivity contribution in [3.05, 3.63) is 30.1 Å². The number of rotatable bonds is 9. The number of benzene rings is 1. The lowest BCUT2D eigenvalue weighted by Crippen LogP contribution is -2.34. The van der Waals surface area contributed by atoms with Gasteiger partial charge in [0, 0.05) is 30.2 Å². The summed E-state index contributed by atoms with van der Waals surface area (Å²) in [6.45, 7) is 7.75. The molecular formula is C15H23FN2OS. The highest BCUT2D eigenvalue weighted by atomic mass is 32.2. The average molecular weight is 298 g/mol.